The molecule has 0 spiro atoms. The van der Waals surface area contributed by atoms with Crippen LogP contribution >= 0.6 is 0 Å². The molecule has 0 saturated carbocycles. The summed E-state index contributed by atoms with van der Waals surface area (Å²) in [5, 5.41) is 15.7. The van der Waals surface area contributed by atoms with E-state index in [1.807, 2.05) is 60.7 Å². The maximum Gasteiger partial charge on any atom is 0.238 e. The molecule has 1 unspecified atom stereocenters. The third kappa shape index (κ3) is 5.22. The second-order valence-corrected chi connectivity index (χ2v) is 8.81. The van der Waals surface area contributed by atoms with Gasteiger partial charge in [0.25, 0.3) is 0 Å². The maximum atomic E-state index is 12.3. The van der Waals surface area contributed by atoms with Crippen LogP contribution in [-0.4, -0.2) is 77.8 Å². The van der Waals surface area contributed by atoms with Gasteiger partial charge in [-0.15, -0.1) is 0 Å². The maximum absolute atomic E-state index is 12.3. The number of anilines is 1. The van der Waals surface area contributed by atoms with Crippen LogP contribution in [0.4, 0.5) is 5.69 Å². The number of aliphatic hydroxyl groups excluding tert-OH is 1. The fourth-order valence-corrected chi connectivity index (χ4v) is 4.58. The highest BCUT2D eigenvalue weighted by Crippen LogP contribution is 2.33. The highest BCUT2D eigenvalue weighted by Gasteiger charge is 2.21. The Kier molecular flexibility index (Phi) is 6.76. The van der Waals surface area contributed by atoms with Gasteiger partial charge in [-0.1, -0.05) is 42.5 Å². The number of benzene rings is 3. The van der Waals surface area contributed by atoms with Crippen molar-refractivity contribution in [2.75, 3.05) is 51.2 Å². The molecule has 2 heterocycles. The highest BCUT2D eigenvalue weighted by atomic mass is 16.5. The second kappa shape index (κ2) is 10.3. The Morgan fingerprint density at radius 3 is 2.44 bits per heavy atom. The number of rotatable bonds is 8. The summed E-state index contributed by atoms with van der Waals surface area (Å²) in [4.78, 5) is 20.1. The lowest BCUT2D eigenvalue weighted by Gasteiger charge is -2.35. The Hall–Kier alpha value is -3.39. The van der Waals surface area contributed by atoms with Crippen LogP contribution in [0.25, 0.3) is 21.8 Å². The fraction of sp³-hybridized carbons (Fsp3) is 0.296. The molecule has 0 bridgehead atoms. The molecule has 5 rings (SSSR count). The van der Waals surface area contributed by atoms with E-state index in [-0.39, 0.29) is 12.5 Å². The topological polar surface area (TPSA) is 80.8 Å². The summed E-state index contributed by atoms with van der Waals surface area (Å²) < 4.78 is 6.06. The molecule has 1 aliphatic heterocycles. The summed E-state index contributed by atoms with van der Waals surface area (Å²) in [5.41, 5.74) is 2.92. The lowest BCUT2D eigenvalue weighted by Crippen LogP contribution is -2.50. The van der Waals surface area contributed by atoms with Crippen molar-refractivity contribution in [3.63, 3.8) is 0 Å². The molecule has 1 fully saturated rings. The van der Waals surface area contributed by atoms with E-state index in [0.29, 0.717) is 13.1 Å². The minimum atomic E-state index is -0.589. The lowest BCUT2D eigenvalue weighted by atomic mass is 10.1. The van der Waals surface area contributed by atoms with Gasteiger partial charge in [-0.2, -0.15) is 0 Å². The van der Waals surface area contributed by atoms with Crippen molar-refractivity contribution >= 4 is 33.4 Å². The Morgan fingerprint density at radius 1 is 0.912 bits per heavy atom. The van der Waals surface area contributed by atoms with E-state index in [9.17, 15) is 9.90 Å². The number of hydrogen-bond acceptors (Lipinski definition) is 5. The number of nitrogens with one attached hydrogen (secondary N) is 2. The van der Waals surface area contributed by atoms with E-state index >= 15 is 0 Å². The van der Waals surface area contributed by atoms with Crippen molar-refractivity contribution in [3.05, 3.63) is 72.8 Å². The monoisotopic (exact) mass is 458 g/mol. The van der Waals surface area contributed by atoms with Gasteiger partial charge in [0.15, 0.2) is 0 Å². The molecule has 1 atom stereocenters. The van der Waals surface area contributed by atoms with Crippen LogP contribution in [0.5, 0.6) is 5.75 Å². The van der Waals surface area contributed by atoms with Crippen molar-refractivity contribution in [1.29, 1.82) is 0 Å². The number of aromatic amines is 1. The number of para-hydroxylation sites is 2. The molecule has 0 radical (unpaired) electrons. The molecule has 0 aliphatic carbocycles. The van der Waals surface area contributed by atoms with Crippen molar-refractivity contribution in [2.45, 2.75) is 6.10 Å². The first kappa shape index (κ1) is 22.4. The molecule has 1 saturated heterocycles. The van der Waals surface area contributed by atoms with Gasteiger partial charge in [-0.25, -0.2) is 0 Å². The van der Waals surface area contributed by atoms with Crippen LogP contribution in [0.1, 0.15) is 0 Å². The summed E-state index contributed by atoms with van der Waals surface area (Å²) >= 11 is 0. The Balaban J connectivity index is 1.09. The zero-order valence-electron chi connectivity index (χ0n) is 19.1. The van der Waals surface area contributed by atoms with Gasteiger partial charge in [0, 0.05) is 54.7 Å². The highest BCUT2D eigenvalue weighted by molar-refractivity contribution is 6.10. The third-order valence-corrected chi connectivity index (χ3v) is 6.28. The zero-order chi connectivity index (χ0) is 23.3. The van der Waals surface area contributed by atoms with Gasteiger partial charge in [-0.05, 0) is 30.3 Å². The molecule has 7 heteroatoms. The van der Waals surface area contributed by atoms with E-state index in [1.165, 1.54) is 0 Å². The number of aliphatic hydroxyl groups is 1. The Bertz CT molecular complexity index is 1250. The van der Waals surface area contributed by atoms with Crippen molar-refractivity contribution < 1.29 is 14.6 Å². The minimum Gasteiger partial charge on any atom is -0.490 e. The van der Waals surface area contributed by atoms with Crippen molar-refractivity contribution in [1.82, 2.24) is 14.8 Å². The molecule has 7 nitrogen and oxygen atoms in total. The number of amides is 1. The summed E-state index contributed by atoms with van der Waals surface area (Å²) in [7, 11) is 0. The largest absolute Gasteiger partial charge is 0.490 e. The standard InChI is InChI=1S/C27H30N4O3/c32-21(19-34-25-12-6-11-24-27(25)22-9-4-5-10-23(22)29-24)17-30-13-15-31(16-14-30)18-26(33)28-20-7-2-1-3-8-20/h1-12,21,29,32H,13-19H2,(H,28,33). The number of ether oxygens (including phenoxy) is 1. The van der Waals surface area contributed by atoms with Crippen LogP contribution in [0, 0.1) is 0 Å². The quantitative estimate of drug-likeness (QED) is 0.378. The van der Waals surface area contributed by atoms with Crippen LogP contribution in [0.3, 0.4) is 0 Å². The molecule has 34 heavy (non-hydrogen) atoms. The molecule has 1 aliphatic rings. The number of aromatic nitrogens is 1. The van der Waals surface area contributed by atoms with Crippen LogP contribution in [-0.2, 0) is 4.79 Å². The van der Waals surface area contributed by atoms with E-state index in [2.05, 4.69) is 32.2 Å². The van der Waals surface area contributed by atoms with Crippen molar-refractivity contribution in [3.8, 4) is 5.75 Å². The molecule has 1 aromatic heterocycles. The molecule has 3 N–H and O–H groups in total. The van der Waals surface area contributed by atoms with Gasteiger partial charge in [0.2, 0.25) is 5.91 Å². The number of piperazine rings is 1. The first-order valence-corrected chi connectivity index (χ1v) is 11.8. The molecular weight excluding hydrogens is 428 g/mol. The number of carbonyl (C=O) groups is 1. The smallest absolute Gasteiger partial charge is 0.238 e. The molecule has 1 amide bonds. The molecular formula is C27H30N4O3. The second-order valence-electron chi connectivity index (χ2n) is 8.81. The Labute approximate surface area is 198 Å². The van der Waals surface area contributed by atoms with E-state index < -0.39 is 6.10 Å². The van der Waals surface area contributed by atoms with E-state index in [0.717, 1.165) is 59.4 Å². The SMILES string of the molecule is O=C(CN1CCN(CC(O)COc2cccc3[nH]c4ccccc4c23)CC1)Nc1ccccc1. The number of fused-ring (bicyclic) bond motifs is 3. The summed E-state index contributed by atoms with van der Waals surface area (Å²) in [6.07, 6.45) is -0.589. The number of H-pyrrole nitrogens is 1. The molecule has 3 aromatic carbocycles. The van der Waals surface area contributed by atoms with Crippen LogP contribution in [0.15, 0.2) is 72.8 Å². The first-order chi connectivity index (χ1) is 16.7. The van der Waals surface area contributed by atoms with E-state index in [4.69, 9.17) is 4.74 Å². The van der Waals surface area contributed by atoms with Crippen LogP contribution in [0.2, 0.25) is 0 Å². The number of β-amino-alcohol motifs (C(OH)–C–C–N with tert-alkyl or cyclic N) is 1. The fourth-order valence-electron chi connectivity index (χ4n) is 4.58. The predicted octanol–water partition coefficient (Wildman–Crippen LogP) is 3.32. The Morgan fingerprint density at radius 2 is 1.62 bits per heavy atom. The van der Waals surface area contributed by atoms with Gasteiger partial charge in [-0.3, -0.25) is 14.6 Å². The van der Waals surface area contributed by atoms with Gasteiger partial charge >= 0.3 is 0 Å². The summed E-state index contributed by atoms with van der Waals surface area (Å²) in [5.74, 6) is 0.780. The van der Waals surface area contributed by atoms with E-state index in [1.54, 1.807) is 0 Å². The number of carbonyl (C=O) groups excluding carboxylic acids is 1. The third-order valence-electron chi connectivity index (χ3n) is 6.28. The first-order valence-electron chi connectivity index (χ1n) is 11.8. The average Bonchev–Trinajstić information content (AvgIpc) is 3.24. The average molecular weight is 459 g/mol. The zero-order valence-corrected chi connectivity index (χ0v) is 19.1. The number of nitrogens with zero attached hydrogens (tertiary/aromatic N) is 2. The number of hydrogen-bond donors (Lipinski definition) is 3. The lowest BCUT2D eigenvalue weighted by molar-refractivity contribution is -0.117. The van der Waals surface area contributed by atoms with Gasteiger partial charge < -0.3 is 20.1 Å². The van der Waals surface area contributed by atoms with Gasteiger partial charge in [0.1, 0.15) is 18.5 Å². The van der Waals surface area contributed by atoms with Crippen LogP contribution < -0.4 is 10.1 Å². The predicted molar refractivity (Wildman–Crippen MR) is 135 cm³/mol. The summed E-state index contributed by atoms with van der Waals surface area (Å²) in [6.45, 7) is 4.38. The molecule has 4 aromatic rings. The molecule has 176 valence electrons. The summed E-state index contributed by atoms with van der Waals surface area (Å²) in [6, 6.07) is 23.6. The minimum absolute atomic E-state index is 0.000425. The normalized spacial score (nSPS) is 16.0. The van der Waals surface area contributed by atoms with Crippen molar-refractivity contribution in [2.24, 2.45) is 0 Å². The van der Waals surface area contributed by atoms with Gasteiger partial charge in [0.05, 0.1) is 12.1 Å².